The van der Waals surface area contributed by atoms with Gasteiger partial charge in [-0.2, -0.15) is 0 Å². The highest BCUT2D eigenvalue weighted by atomic mass is 35.5. The zero-order chi connectivity index (χ0) is 13.3. The van der Waals surface area contributed by atoms with Gasteiger partial charge in [-0.3, -0.25) is 0 Å². The topological polar surface area (TPSA) is 21.3 Å². The van der Waals surface area contributed by atoms with Crippen molar-refractivity contribution < 1.29 is 4.74 Å². The predicted molar refractivity (Wildman–Crippen MR) is 81.1 cm³/mol. The highest BCUT2D eigenvalue weighted by Gasteiger charge is 2.11. The Hall–Kier alpha value is -0.730. The number of hydrogen-bond donors (Lipinski definition) is 1. The van der Waals surface area contributed by atoms with Crippen molar-refractivity contribution in [3.8, 4) is 5.75 Å². The van der Waals surface area contributed by atoms with Crippen LogP contribution in [0.15, 0.2) is 24.3 Å². The minimum atomic E-state index is 0.754. The molecule has 0 amide bonds. The summed E-state index contributed by atoms with van der Waals surface area (Å²) >= 11 is 5.82. The van der Waals surface area contributed by atoms with E-state index in [2.05, 4.69) is 5.32 Å². The summed E-state index contributed by atoms with van der Waals surface area (Å²) in [6.07, 6.45) is 9.23. The Balaban J connectivity index is 1.49. The Morgan fingerprint density at radius 2 is 1.79 bits per heavy atom. The van der Waals surface area contributed by atoms with Gasteiger partial charge < -0.3 is 10.1 Å². The van der Waals surface area contributed by atoms with Crippen molar-refractivity contribution in [2.75, 3.05) is 13.2 Å². The zero-order valence-corrected chi connectivity index (χ0v) is 12.3. The second kappa shape index (κ2) is 8.44. The molecule has 1 aromatic rings. The Morgan fingerprint density at radius 3 is 2.53 bits per heavy atom. The van der Waals surface area contributed by atoms with Crippen LogP contribution in [-0.2, 0) is 0 Å². The third kappa shape index (κ3) is 5.84. The fourth-order valence-corrected chi connectivity index (χ4v) is 2.69. The van der Waals surface area contributed by atoms with E-state index in [0.29, 0.717) is 0 Å². The highest BCUT2D eigenvalue weighted by Crippen LogP contribution is 2.17. The van der Waals surface area contributed by atoms with Gasteiger partial charge in [-0.25, -0.2) is 0 Å². The molecular formula is C16H24ClNO. The van der Waals surface area contributed by atoms with Crippen LogP contribution in [0, 0.1) is 0 Å². The lowest BCUT2D eigenvalue weighted by Gasteiger charge is -2.22. The monoisotopic (exact) mass is 281 g/mol. The second-order valence-corrected chi connectivity index (χ2v) is 5.73. The largest absolute Gasteiger partial charge is 0.494 e. The lowest BCUT2D eigenvalue weighted by Crippen LogP contribution is -2.31. The van der Waals surface area contributed by atoms with Gasteiger partial charge in [0.05, 0.1) is 6.61 Å². The lowest BCUT2D eigenvalue weighted by molar-refractivity contribution is 0.301. The van der Waals surface area contributed by atoms with Crippen LogP contribution >= 0.6 is 11.6 Å². The predicted octanol–water partition coefficient (Wildman–Crippen LogP) is 4.42. The molecule has 0 radical (unpaired) electrons. The van der Waals surface area contributed by atoms with Crippen molar-refractivity contribution in [1.29, 1.82) is 0 Å². The molecule has 1 N–H and O–H groups in total. The van der Waals surface area contributed by atoms with Crippen LogP contribution in [0.3, 0.4) is 0 Å². The van der Waals surface area contributed by atoms with Crippen LogP contribution in [-0.4, -0.2) is 19.2 Å². The molecule has 106 valence electrons. The average Bonchev–Trinajstić information content (AvgIpc) is 2.46. The van der Waals surface area contributed by atoms with Crippen LogP contribution in [0.1, 0.15) is 44.9 Å². The molecule has 1 aliphatic rings. The van der Waals surface area contributed by atoms with Crippen molar-refractivity contribution in [1.82, 2.24) is 5.32 Å². The van der Waals surface area contributed by atoms with E-state index < -0.39 is 0 Å². The molecule has 0 saturated heterocycles. The summed E-state index contributed by atoms with van der Waals surface area (Å²) < 4.78 is 5.67. The molecule has 1 fully saturated rings. The van der Waals surface area contributed by atoms with E-state index in [-0.39, 0.29) is 0 Å². The van der Waals surface area contributed by atoms with E-state index in [1.165, 1.54) is 38.5 Å². The number of unbranched alkanes of at least 4 members (excludes halogenated alkanes) is 1. The van der Waals surface area contributed by atoms with Crippen molar-refractivity contribution in [2.24, 2.45) is 0 Å². The van der Waals surface area contributed by atoms with Crippen molar-refractivity contribution in [3.05, 3.63) is 29.3 Å². The summed E-state index contributed by atoms with van der Waals surface area (Å²) in [6, 6.07) is 8.33. The summed E-state index contributed by atoms with van der Waals surface area (Å²) in [6.45, 7) is 1.91. The van der Waals surface area contributed by atoms with Gasteiger partial charge in [0.2, 0.25) is 0 Å². The van der Waals surface area contributed by atoms with Crippen LogP contribution in [0.25, 0.3) is 0 Å². The Morgan fingerprint density at radius 1 is 1.05 bits per heavy atom. The highest BCUT2D eigenvalue weighted by molar-refractivity contribution is 6.30. The number of rotatable bonds is 7. The Bertz CT molecular complexity index is 346. The second-order valence-electron chi connectivity index (χ2n) is 5.30. The SMILES string of the molecule is Clc1ccc(OCCCCNC2CCCCC2)cc1. The maximum Gasteiger partial charge on any atom is 0.119 e. The number of nitrogens with one attached hydrogen (secondary N) is 1. The van der Waals surface area contributed by atoms with Crippen molar-refractivity contribution in [2.45, 2.75) is 51.0 Å². The van der Waals surface area contributed by atoms with Gasteiger partial charge in [-0.05, 0) is 56.5 Å². The molecule has 3 heteroatoms. The van der Waals surface area contributed by atoms with Crippen molar-refractivity contribution in [3.63, 3.8) is 0 Å². The van der Waals surface area contributed by atoms with Gasteiger partial charge in [-0.15, -0.1) is 0 Å². The standard InChI is InChI=1S/C16H24ClNO/c17-14-8-10-16(11-9-14)19-13-5-4-12-18-15-6-2-1-3-7-15/h8-11,15,18H,1-7,12-13H2. The van der Waals surface area contributed by atoms with Gasteiger partial charge in [0, 0.05) is 11.1 Å². The molecule has 0 aromatic heterocycles. The summed E-state index contributed by atoms with van der Waals surface area (Å²) in [5, 5.41) is 4.41. The molecule has 1 aliphatic carbocycles. The first-order valence-corrected chi connectivity index (χ1v) is 7.84. The molecule has 0 heterocycles. The first-order valence-electron chi connectivity index (χ1n) is 7.46. The Labute approximate surface area is 121 Å². The number of hydrogen-bond acceptors (Lipinski definition) is 2. The molecule has 0 atom stereocenters. The normalized spacial score (nSPS) is 16.5. The zero-order valence-electron chi connectivity index (χ0n) is 11.5. The molecule has 1 aromatic carbocycles. The molecule has 0 aliphatic heterocycles. The molecule has 1 saturated carbocycles. The minimum Gasteiger partial charge on any atom is -0.494 e. The lowest BCUT2D eigenvalue weighted by atomic mass is 9.95. The summed E-state index contributed by atoms with van der Waals surface area (Å²) in [5.41, 5.74) is 0. The molecule has 2 rings (SSSR count). The molecule has 0 spiro atoms. The van der Waals surface area contributed by atoms with E-state index in [1.807, 2.05) is 24.3 Å². The van der Waals surface area contributed by atoms with Crippen molar-refractivity contribution >= 4 is 11.6 Å². The van der Waals surface area contributed by atoms with Crippen LogP contribution < -0.4 is 10.1 Å². The molecule has 0 bridgehead atoms. The smallest absolute Gasteiger partial charge is 0.119 e. The summed E-state index contributed by atoms with van der Waals surface area (Å²) in [4.78, 5) is 0. The van der Waals surface area contributed by atoms with E-state index in [1.54, 1.807) is 0 Å². The van der Waals surface area contributed by atoms with Gasteiger partial charge in [-0.1, -0.05) is 30.9 Å². The van der Waals surface area contributed by atoms with Crippen LogP contribution in [0.4, 0.5) is 0 Å². The fourth-order valence-electron chi connectivity index (χ4n) is 2.56. The third-order valence-electron chi connectivity index (χ3n) is 3.69. The maximum atomic E-state index is 5.82. The van der Waals surface area contributed by atoms with E-state index in [0.717, 1.165) is 36.4 Å². The minimum absolute atomic E-state index is 0.754. The van der Waals surface area contributed by atoms with E-state index in [9.17, 15) is 0 Å². The van der Waals surface area contributed by atoms with Gasteiger partial charge in [0.1, 0.15) is 5.75 Å². The van der Waals surface area contributed by atoms with Gasteiger partial charge in [0.25, 0.3) is 0 Å². The number of halogens is 1. The fraction of sp³-hybridized carbons (Fsp3) is 0.625. The molecule has 19 heavy (non-hydrogen) atoms. The third-order valence-corrected chi connectivity index (χ3v) is 3.94. The van der Waals surface area contributed by atoms with E-state index in [4.69, 9.17) is 16.3 Å². The van der Waals surface area contributed by atoms with Gasteiger partial charge in [0.15, 0.2) is 0 Å². The van der Waals surface area contributed by atoms with Gasteiger partial charge >= 0.3 is 0 Å². The van der Waals surface area contributed by atoms with Crippen LogP contribution in [0.5, 0.6) is 5.75 Å². The molecular weight excluding hydrogens is 258 g/mol. The summed E-state index contributed by atoms with van der Waals surface area (Å²) in [5.74, 6) is 0.907. The quantitative estimate of drug-likeness (QED) is 0.747. The van der Waals surface area contributed by atoms with Crippen LogP contribution in [0.2, 0.25) is 5.02 Å². The first-order chi connectivity index (χ1) is 9.34. The molecule has 0 unspecified atom stereocenters. The molecule has 2 nitrogen and oxygen atoms in total. The number of benzene rings is 1. The van der Waals surface area contributed by atoms with E-state index >= 15 is 0 Å². The first kappa shape index (κ1) is 14.7. The summed E-state index contributed by atoms with van der Waals surface area (Å²) in [7, 11) is 0. The number of ether oxygens (including phenoxy) is 1. The average molecular weight is 282 g/mol. The Kier molecular flexibility index (Phi) is 6.52. The maximum absolute atomic E-state index is 5.82.